The number of hydrogen-bond donors (Lipinski definition) is 2. The van der Waals surface area contributed by atoms with Gasteiger partial charge in [0.2, 0.25) is 5.91 Å². The van der Waals surface area contributed by atoms with E-state index >= 15 is 0 Å². The van der Waals surface area contributed by atoms with Gasteiger partial charge in [0.15, 0.2) is 0 Å². The van der Waals surface area contributed by atoms with E-state index in [-0.39, 0.29) is 18.5 Å². The number of nitrogens with zero attached hydrogens (tertiary/aromatic N) is 2. The van der Waals surface area contributed by atoms with Crippen LogP contribution in [0.5, 0.6) is 0 Å². The molecule has 0 spiro atoms. The maximum Gasteiger partial charge on any atom is 0.303 e. The van der Waals surface area contributed by atoms with E-state index in [2.05, 4.69) is 10.5 Å². The van der Waals surface area contributed by atoms with Crippen molar-refractivity contribution in [3.05, 3.63) is 39.9 Å². The van der Waals surface area contributed by atoms with E-state index < -0.39 is 16.8 Å². The molecule has 0 aromatic heterocycles. The number of amides is 1. The average Bonchev–Trinajstić information content (AvgIpc) is 2.42. The Morgan fingerprint density at radius 3 is 2.70 bits per heavy atom. The van der Waals surface area contributed by atoms with Gasteiger partial charge in [0.05, 0.1) is 17.1 Å². The second-order valence-electron chi connectivity index (χ2n) is 3.93. The number of aliphatic carboxylic acids is 1. The lowest BCUT2D eigenvalue weighted by molar-refractivity contribution is -0.384. The van der Waals surface area contributed by atoms with Crippen LogP contribution in [0.4, 0.5) is 5.69 Å². The number of carboxylic acids is 1. The first-order valence-corrected chi connectivity index (χ1v) is 5.70. The van der Waals surface area contributed by atoms with Crippen LogP contribution in [0.15, 0.2) is 29.4 Å². The molecular weight excluding hydrogens is 266 g/mol. The third-order valence-electron chi connectivity index (χ3n) is 2.39. The number of benzene rings is 1. The van der Waals surface area contributed by atoms with E-state index in [1.807, 2.05) is 0 Å². The van der Waals surface area contributed by atoms with Gasteiger partial charge in [-0.15, -0.1) is 0 Å². The van der Waals surface area contributed by atoms with Gasteiger partial charge >= 0.3 is 5.97 Å². The maximum absolute atomic E-state index is 11.3. The molecule has 0 aliphatic rings. The van der Waals surface area contributed by atoms with Gasteiger partial charge < -0.3 is 5.11 Å². The van der Waals surface area contributed by atoms with Gasteiger partial charge in [-0.3, -0.25) is 19.7 Å². The van der Waals surface area contributed by atoms with Crippen molar-refractivity contribution in [1.82, 2.24) is 5.43 Å². The Morgan fingerprint density at radius 1 is 1.40 bits per heavy atom. The lowest BCUT2D eigenvalue weighted by Gasteiger charge is -2.02. The largest absolute Gasteiger partial charge is 0.481 e. The quantitative estimate of drug-likeness (QED) is 0.461. The van der Waals surface area contributed by atoms with E-state index in [4.69, 9.17) is 5.11 Å². The summed E-state index contributed by atoms with van der Waals surface area (Å²) >= 11 is 0. The highest BCUT2D eigenvalue weighted by Gasteiger charge is 2.08. The highest BCUT2D eigenvalue weighted by Crippen LogP contribution is 2.13. The Morgan fingerprint density at radius 2 is 2.10 bits per heavy atom. The molecule has 8 nitrogen and oxygen atoms in total. The number of rotatable bonds is 6. The SMILES string of the molecule is CC(=NNC(=O)CCC(=O)O)c1cccc([N+](=O)[O-])c1. The van der Waals surface area contributed by atoms with Crippen molar-refractivity contribution >= 4 is 23.3 Å². The minimum Gasteiger partial charge on any atom is -0.481 e. The summed E-state index contributed by atoms with van der Waals surface area (Å²) in [6.07, 6.45) is -0.460. The molecule has 1 aromatic carbocycles. The second kappa shape index (κ2) is 6.98. The Bertz CT molecular complexity index is 568. The van der Waals surface area contributed by atoms with E-state index in [9.17, 15) is 19.7 Å². The normalized spacial score (nSPS) is 10.9. The Kier molecular flexibility index (Phi) is 5.33. The molecule has 106 valence electrons. The molecule has 0 saturated heterocycles. The molecule has 0 aliphatic heterocycles. The summed E-state index contributed by atoms with van der Waals surface area (Å²) in [5.74, 6) is -1.60. The number of nitro benzene ring substituents is 1. The zero-order valence-corrected chi connectivity index (χ0v) is 10.7. The summed E-state index contributed by atoms with van der Waals surface area (Å²) in [4.78, 5) is 31.7. The summed E-state index contributed by atoms with van der Waals surface area (Å²) in [5, 5.41) is 22.8. The first-order valence-electron chi connectivity index (χ1n) is 5.70. The minimum absolute atomic E-state index is 0.0748. The lowest BCUT2D eigenvalue weighted by Crippen LogP contribution is -2.20. The van der Waals surface area contributed by atoms with Crippen LogP contribution in [0.2, 0.25) is 0 Å². The molecule has 1 amide bonds. The van der Waals surface area contributed by atoms with Crippen molar-refractivity contribution in [2.75, 3.05) is 0 Å². The maximum atomic E-state index is 11.3. The van der Waals surface area contributed by atoms with Crippen LogP contribution in [0.3, 0.4) is 0 Å². The molecule has 0 unspecified atom stereocenters. The lowest BCUT2D eigenvalue weighted by atomic mass is 10.1. The summed E-state index contributed by atoms with van der Waals surface area (Å²) < 4.78 is 0. The van der Waals surface area contributed by atoms with Crippen LogP contribution in [-0.4, -0.2) is 27.6 Å². The van der Waals surface area contributed by atoms with Gasteiger partial charge in [-0.25, -0.2) is 5.43 Å². The third kappa shape index (κ3) is 4.84. The highest BCUT2D eigenvalue weighted by atomic mass is 16.6. The van der Waals surface area contributed by atoms with Gasteiger partial charge in [0, 0.05) is 24.1 Å². The predicted octanol–water partition coefficient (Wildman–Crippen LogP) is 1.30. The van der Waals surface area contributed by atoms with Crippen molar-refractivity contribution in [2.24, 2.45) is 5.10 Å². The molecule has 1 rings (SSSR count). The van der Waals surface area contributed by atoms with Crippen LogP contribution < -0.4 is 5.43 Å². The molecule has 0 bridgehead atoms. The fourth-order valence-electron chi connectivity index (χ4n) is 1.33. The summed E-state index contributed by atoms with van der Waals surface area (Å²) in [7, 11) is 0. The van der Waals surface area contributed by atoms with Crippen molar-refractivity contribution in [2.45, 2.75) is 19.8 Å². The molecule has 2 N–H and O–H groups in total. The van der Waals surface area contributed by atoms with Gasteiger partial charge in [0.25, 0.3) is 5.69 Å². The first kappa shape index (κ1) is 15.3. The molecule has 0 fully saturated rings. The zero-order chi connectivity index (χ0) is 15.1. The molecule has 1 aromatic rings. The van der Waals surface area contributed by atoms with Crippen LogP contribution in [0.1, 0.15) is 25.3 Å². The average molecular weight is 279 g/mol. The van der Waals surface area contributed by atoms with Crippen LogP contribution in [-0.2, 0) is 9.59 Å². The number of carbonyl (C=O) groups is 2. The Balaban J connectivity index is 2.69. The van der Waals surface area contributed by atoms with E-state index in [0.29, 0.717) is 11.3 Å². The van der Waals surface area contributed by atoms with Crippen molar-refractivity contribution in [3.8, 4) is 0 Å². The first-order chi connectivity index (χ1) is 9.40. The number of carbonyl (C=O) groups excluding carboxylic acids is 1. The molecule has 0 saturated carbocycles. The predicted molar refractivity (Wildman–Crippen MR) is 70.3 cm³/mol. The smallest absolute Gasteiger partial charge is 0.303 e. The summed E-state index contributed by atoms with van der Waals surface area (Å²) in [6, 6.07) is 5.82. The fraction of sp³-hybridized carbons (Fsp3) is 0.250. The topological polar surface area (TPSA) is 122 Å². The molecule has 0 aliphatic carbocycles. The molecule has 0 heterocycles. The van der Waals surface area contributed by atoms with Crippen molar-refractivity contribution in [1.29, 1.82) is 0 Å². The van der Waals surface area contributed by atoms with E-state index in [1.165, 1.54) is 18.2 Å². The standard InChI is InChI=1S/C12H13N3O5/c1-8(13-14-11(16)5-6-12(17)18)9-3-2-4-10(7-9)15(19)20/h2-4,7H,5-6H2,1H3,(H,14,16)(H,17,18). The molecule has 0 radical (unpaired) electrons. The number of hydrazone groups is 1. The molecule has 0 atom stereocenters. The van der Waals surface area contributed by atoms with Crippen LogP contribution >= 0.6 is 0 Å². The Hall–Kier alpha value is -2.77. The van der Waals surface area contributed by atoms with Crippen molar-refractivity contribution in [3.63, 3.8) is 0 Å². The minimum atomic E-state index is -1.07. The molecule has 20 heavy (non-hydrogen) atoms. The van der Waals surface area contributed by atoms with Gasteiger partial charge in [-0.2, -0.15) is 5.10 Å². The van der Waals surface area contributed by atoms with Crippen LogP contribution in [0.25, 0.3) is 0 Å². The van der Waals surface area contributed by atoms with E-state index in [0.717, 1.165) is 0 Å². The summed E-state index contributed by atoms with van der Waals surface area (Å²) in [6.45, 7) is 1.58. The highest BCUT2D eigenvalue weighted by molar-refractivity contribution is 5.99. The number of non-ortho nitro benzene ring substituents is 1. The fourth-order valence-corrected chi connectivity index (χ4v) is 1.33. The number of nitrogens with one attached hydrogen (secondary N) is 1. The zero-order valence-electron chi connectivity index (χ0n) is 10.7. The van der Waals surface area contributed by atoms with Crippen LogP contribution in [0, 0.1) is 10.1 Å². The summed E-state index contributed by atoms with van der Waals surface area (Å²) in [5.41, 5.74) is 3.01. The number of carboxylic acid groups (broad SMARTS) is 1. The second-order valence-corrected chi connectivity index (χ2v) is 3.93. The number of nitro groups is 1. The monoisotopic (exact) mass is 279 g/mol. The number of hydrogen-bond acceptors (Lipinski definition) is 5. The van der Waals surface area contributed by atoms with Gasteiger partial charge in [-0.05, 0) is 6.92 Å². The van der Waals surface area contributed by atoms with Gasteiger partial charge in [0.1, 0.15) is 0 Å². The molecular formula is C12H13N3O5. The Labute approximate surface area is 114 Å². The molecule has 8 heteroatoms. The third-order valence-corrected chi connectivity index (χ3v) is 2.39. The van der Waals surface area contributed by atoms with Crippen molar-refractivity contribution < 1.29 is 19.6 Å². The van der Waals surface area contributed by atoms with E-state index in [1.54, 1.807) is 13.0 Å². The van der Waals surface area contributed by atoms with Gasteiger partial charge in [-0.1, -0.05) is 12.1 Å².